The Balaban J connectivity index is 1.41. The van der Waals surface area contributed by atoms with Gasteiger partial charge in [0.25, 0.3) is 0 Å². The van der Waals surface area contributed by atoms with E-state index >= 15 is 0 Å². The van der Waals surface area contributed by atoms with E-state index < -0.39 is 6.10 Å². The average molecular weight is 314 g/mol. The number of carbonyl (C=O) groups excluding carboxylic acids is 1. The summed E-state index contributed by atoms with van der Waals surface area (Å²) >= 11 is 0. The fourth-order valence-electron chi connectivity index (χ4n) is 2.91. The molecule has 0 saturated heterocycles. The zero-order valence-electron chi connectivity index (χ0n) is 13.1. The number of imidazole rings is 1. The van der Waals surface area contributed by atoms with Gasteiger partial charge in [-0.2, -0.15) is 0 Å². The van der Waals surface area contributed by atoms with Crippen molar-refractivity contribution in [3.05, 3.63) is 54.1 Å². The Kier molecular flexibility index (Phi) is 5.05. The number of fused-ring (bicyclic) bond motifs is 1. The largest absolute Gasteiger partial charge is 0.390 e. The fraction of sp³-hybridized carbons (Fsp3) is 0.412. The van der Waals surface area contributed by atoms with Crippen LogP contribution in [0.1, 0.15) is 11.1 Å². The molecule has 2 heterocycles. The fourth-order valence-corrected chi connectivity index (χ4v) is 2.91. The molecule has 122 valence electrons. The molecule has 0 fully saturated rings. The Labute approximate surface area is 135 Å². The number of hydrogen-bond acceptors (Lipinski definition) is 4. The normalized spacial score (nSPS) is 15.9. The van der Waals surface area contributed by atoms with Gasteiger partial charge < -0.3 is 15.0 Å². The molecule has 0 aliphatic carbocycles. The number of benzene rings is 1. The number of nitrogens with zero attached hydrogens (tertiary/aromatic N) is 3. The van der Waals surface area contributed by atoms with Crippen molar-refractivity contribution < 1.29 is 9.90 Å². The Morgan fingerprint density at radius 3 is 2.96 bits per heavy atom. The molecule has 23 heavy (non-hydrogen) atoms. The van der Waals surface area contributed by atoms with Crippen LogP contribution in [0.3, 0.4) is 0 Å². The highest BCUT2D eigenvalue weighted by atomic mass is 16.3. The van der Waals surface area contributed by atoms with Gasteiger partial charge in [0, 0.05) is 38.6 Å². The van der Waals surface area contributed by atoms with Gasteiger partial charge in [0.15, 0.2) is 0 Å². The van der Waals surface area contributed by atoms with Crippen molar-refractivity contribution in [3.8, 4) is 0 Å². The van der Waals surface area contributed by atoms with E-state index in [1.807, 2.05) is 0 Å². The summed E-state index contributed by atoms with van der Waals surface area (Å²) in [5.74, 6) is -0.119. The first-order chi connectivity index (χ1) is 11.2. The van der Waals surface area contributed by atoms with E-state index in [0.29, 0.717) is 6.54 Å². The lowest BCUT2D eigenvalue weighted by Crippen LogP contribution is -2.42. The maximum atomic E-state index is 11.8. The van der Waals surface area contributed by atoms with Crippen LogP contribution >= 0.6 is 0 Å². The van der Waals surface area contributed by atoms with Gasteiger partial charge >= 0.3 is 0 Å². The molecule has 0 saturated carbocycles. The predicted octanol–water partition coefficient (Wildman–Crippen LogP) is 0.419. The van der Waals surface area contributed by atoms with E-state index in [1.54, 1.807) is 23.3 Å². The number of carbonyl (C=O) groups is 1. The summed E-state index contributed by atoms with van der Waals surface area (Å²) in [6, 6.07) is 8.43. The molecule has 2 N–H and O–H groups in total. The van der Waals surface area contributed by atoms with E-state index in [9.17, 15) is 9.90 Å². The Bertz CT molecular complexity index is 642. The summed E-state index contributed by atoms with van der Waals surface area (Å²) in [5.41, 5.74) is 2.72. The SMILES string of the molecule is O=C(Cn1ccnc1)NCC(O)CN1CCc2ccccc2C1. The number of aliphatic hydroxyl groups is 1. The van der Waals surface area contributed by atoms with Crippen molar-refractivity contribution in [1.29, 1.82) is 0 Å². The van der Waals surface area contributed by atoms with E-state index in [1.165, 1.54) is 11.1 Å². The first-order valence-electron chi connectivity index (χ1n) is 7.90. The highest BCUT2D eigenvalue weighted by Crippen LogP contribution is 2.18. The molecular formula is C17H22N4O2. The summed E-state index contributed by atoms with van der Waals surface area (Å²) in [7, 11) is 0. The molecule has 1 aliphatic heterocycles. The second-order valence-electron chi connectivity index (χ2n) is 5.95. The second kappa shape index (κ2) is 7.39. The van der Waals surface area contributed by atoms with E-state index in [4.69, 9.17) is 0 Å². The average Bonchev–Trinajstić information content (AvgIpc) is 3.06. The standard InChI is InChI=1S/C17H22N4O2/c22-16(9-19-17(23)12-21-8-6-18-13-21)11-20-7-5-14-3-1-2-4-15(14)10-20/h1-4,6,8,13,16,22H,5,7,9-12H2,(H,19,23). The molecular weight excluding hydrogens is 292 g/mol. The molecule has 1 unspecified atom stereocenters. The first kappa shape index (κ1) is 15.7. The molecule has 6 heteroatoms. The highest BCUT2D eigenvalue weighted by Gasteiger charge is 2.18. The van der Waals surface area contributed by atoms with Crippen LogP contribution in [-0.2, 0) is 24.3 Å². The van der Waals surface area contributed by atoms with Crippen molar-refractivity contribution >= 4 is 5.91 Å². The van der Waals surface area contributed by atoms with Crippen LogP contribution < -0.4 is 5.32 Å². The van der Waals surface area contributed by atoms with Crippen LogP contribution in [-0.4, -0.2) is 51.2 Å². The number of aliphatic hydroxyl groups excluding tert-OH is 1. The summed E-state index contributed by atoms with van der Waals surface area (Å²) in [6.45, 7) is 2.86. The highest BCUT2D eigenvalue weighted by molar-refractivity contribution is 5.75. The number of hydrogen-bond donors (Lipinski definition) is 2. The van der Waals surface area contributed by atoms with Crippen molar-refractivity contribution in [2.24, 2.45) is 0 Å². The van der Waals surface area contributed by atoms with Crippen molar-refractivity contribution in [2.45, 2.75) is 25.6 Å². The summed E-state index contributed by atoms with van der Waals surface area (Å²) in [5, 5.41) is 12.9. The van der Waals surface area contributed by atoms with Gasteiger partial charge in [0.1, 0.15) is 6.54 Å². The third-order valence-electron chi connectivity index (χ3n) is 4.10. The maximum Gasteiger partial charge on any atom is 0.240 e. The molecule has 0 radical (unpaired) electrons. The molecule has 1 aromatic heterocycles. The molecule has 1 atom stereocenters. The van der Waals surface area contributed by atoms with Crippen LogP contribution in [0.25, 0.3) is 0 Å². The van der Waals surface area contributed by atoms with Gasteiger partial charge in [-0.15, -0.1) is 0 Å². The molecule has 1 aliphatic rings. The Morgan fingerprint density at radius 1 is 1.35 bits per heavy atom. The maximum absolute atomic E-state index is 11.8. The zero-order valence-corrected chi connectivity index (χ0v) is 13.1. The topological polar surface area (TPSA) is 70.4 Å². The summed E-state index contributed by atoms with van der Waals surface area (Å²) in [6.07, 6.45) is 5.42. The molecule has 2 aromatic rings. The third-order valence-corrected chi connectivity index (χ3v) is 4.10. The molecule has 6 nitrogen and oxygen atoms in total. The predicted molar refractivity (Wildman–Crippen MR) is 86.7 cm³/mol. The number of aromatic nitrogens is 2. The van der Waals surface area contributed by atoms with Crippen LogP contribution in [0.5, 0.6) is 0 Å². The van der Waals surface area contributed by atoms with Gasteiger partial charge in [0.05, 0.1) is 12.4 Å². The molecule has 3 rings (SSSR count). The minimum Gasteiger partial charge on any atom is -0.390 e. The van der Waals surface area contributed by atoms with Crippen molar-refractivity contribution in [1.82, 2.24) is 19.8 Å². The van der Waals surface area contributed by atoms with E-state index in [-0.39, 0.29) is 19.0 Å². The van der Waals surface area contributed by atoms with Gasteiger partial charge in [-0.1, -0.05) is 24.3 Å². The zero-order chi connectivity index (χ0) is 16.1. The van der Waals surface area contributed by atoms with Crippen LogP contribution in [0, 0.1) is 0 Å². The Hall–Kier alpha value is -2.18. The second-order valence-corrected chi connectivity index (χ2v) is 5.95. The van der Waals surface area contributed by atoms with Crippen LogP contribution in [0.2, 0.25) is 0 Å². The molecule has 1 aromatic carbocycles. The summed E-state index contributed by atoms with van der Waals surface area (Å²) in [4.78, 5) is 17.9. The Morgan fingerprint density at radius 2 is 2.17 bits per heavy atom. The monoisotopic (exact) mass is 314 g/mol. The van der Waals surface area contributed by atoms with E-state index in [0.717, 1.165) is 19.5 Å². The molecule has 0 bridgehead atoms. The number of rotatable bonds is 6. The first-order valence-corrected chi connectivity index (χ1v) is 7.90. The van der Waals surface area contributed by atoms with E-state index in [2.05, 4.69) is 39.5 Å². The van der Waals surface area contributed by atoms with Crippen LogP contribution in [0.4, 0.5) is 0 Å². The van der Waals surface area contributed by atoms with Gasteiger partial charge in [0.2, 0.25) is 5.91 Å². The number of nitrogens with one attached hydrogen (secondary N) is 1. The third kappa shape index (κ3) is 4.40. The number of β-amino-alcohol motifs (C(OH)–C–C–N with tert-alkyl or cyclic N) is 1. The lowest BCUT2D eigenvalue weighted by Gasteiger charge is -2.30. The van der Waals surface area contributed by atoms with Crippen LogP contribution in [0.15, 0.2) is 43.0 Å². The molecule has 0 spiro atoms. The lowest BCUT2D eigenvalue weighted by molar-refractivity contribution is -0.122. The van der Waals surface area contributed by atoms with Gasteiger partial charge in [-0.3, -0.25) is 9.69 Å². The minimum atomic E-state index is -0.563. The minimum absolute atomic E-state index is 0.119. The van der Waals surface area contributed by atoms with Crippen molar-refractivity contribution in [3.63, 3.8) is 0 Å². The van der Waals surface area contributed by atoms with Crippen molar-refractivity contribution in [2.75, 3.05) is 19.6 Å². The smallest absolute Gasteiger partial charge is 0.240 e. The van der Waals surface area contributed by atoms with Gasteiger partial charge in [-0.25, -0.2) is 4.98 Å². The quantitative estimate of drug-likeness (QED) is 0.811. The van der Waals surface area contributed by atoms with Gasteiger partial charge in [-0.05, 0) is 17.5 Å². The summed E-state index contributed by atoms with van der Waals surface area (Å²) < 4.78 is 1.70. The number of amides is 1. The lowest BCUT2D eigenvalue weighted by atomic mass is 10.00. The molecule has 1 amide bonds.